The van der Waals surface area contributed by atoms with Crippen LogP contribution in [0.1, 0.15) is 58.2 Å². The van der Waals surface area contributed by atoms with Gasteiger partial charge in [0.25, 0.3) is 0 Å². The number of thioether (sulfide) groups is 1. The zero-order valence-electron chi connectivity index (χ0n) is 20.0. The van der Waals surface area contributed by atoms with E-state index in [1.165, 1.54) is 27.4 Å². The van der Waals surface area contributed by atoms with Crippen molar-refractivity contribution in [2.75, 3.05) is 5.75 Å². The van der Waals surface area contributed by atoms with Crippen LogP contribution in [0.4, 0.5) is 0 Å². The molecule has 0 aromatic carbocycles. The van der Waals surface area contributed by atoms with Gasteiger partial charge in [0.2, 0.25) is 0 Å². The molecule has 0 fully saturated rings. The maximum atomic E-state index is 3.85. The van der Waals surface area contributed by atoms with Gasteiger partial charge in [-0.1, -0.05) is 87.3 Å². The van der Waals surface area contributed by atoms with Crippen molar-refractivity contribution in [3.05, 3.63) is 103 Å². The Labute approximate surface area is 190 Å². The standard InChI is InChI=1S/C23H33NS.C5H8/c1-8-11-19(6)14-15-25-23-22(18(4)5)16-20(7)24(23)17-21(12-9-2)13-10-3;1-4-5(2)3/h8-10,12-14,16,18H,1-2,11,15,17H2,3-7H3;4H,1-2H2,3H3/b13-10-,19-14+,21-12+;. The highest BCUT2D eigenvalue weighted by molar-refractivity contribution is 7.99. The highest BCUT2D eigenvalue weighted by atomic mass is 32.2. The Morgan fingerprint density at radius 3 is 2.30 bits per heavy atom. The van der Waals surface area contributed by atoms with Gasteiger partial charge in [0.15, 0.2) is 0 Å². The summed E-state index contributed by atoms with van der Waals surface area (Å²) in [5.74, 6) is 1.52. The Kier molecular flexibility index (Phi) is 14.5. The minimum atomic E-state index is 0.522. The minimum Gasteiger partial charge on any atom is -0.336 e. The first-order chi connectivity index (χ1) is 14.2. The third-order valence-corrected chi connectivity index (χ3v) is 5.49. The van der Waals surface area contributed by atoms with Crippen molar-refractivity contribution in [2.24, 2.45) is 0 Å². The average molecular weight is 424 g/mol. The quantitative estimate of drug-likeness (QED) is 0.195. The molecule has 0 saturated carbocycles. The van der Waals surface area contributed by atoms with Gasteiger partial charge in [0, 0.05) is 18.0 Å². The lowest BCUT2D eigenvalue weighted by Crippen LogP contribution is -2.04. The second-order valence-electron chi connectivity index (χ2n) is 7.67. The molecular formula is C28H41NS. The van der Waals surface area contributed by atoms with E-state index in [9.17, 15) is 0 Å². The van der Waals surface area contributed by atoms with Crippen LogP contribution >= 0.6 is 11.8 Å². The molecule has 0 atom stereocenters. The molecule has 0 radical (unpaired) electrons. The van der Waals surface area contributed by atoms with Crippen molar-refractivity contribution in [2.45, 2.75) is 65.5 Å². The maximum absolute atomic E-state index is 3.85. The van der Waals surface area contributed by atoms with Crippen LogP contribution in [0.25, 0.3) is 0 Å². The van der Waals surface area contributed by atoms with Gasteiger partial charge in [-0.15, -0.1) is 18.3 Å². The Bertz CT molecular complexity index is 797. The molecule has 0 N–H and O–H groups in total. The fraction of sp³-hybridized carbons (Fsp3) is 0.357. The largest absolute Gasteiger partial charge is 0.336 e. The van der Waals surface area contributed by atoms with E-state index in [1.54, 1.807) is 6.08 Å². The molecule has 0 unspecified atom stereocenters. The molecule has 2 heteroatoms. The maximum Gasteiger partial charge on any atom is 0.0791 e. The fourth-order valence-electron chi connectivity index (χ4n) is 2.73. The van der Waals surface area contributed by atoms with Gasteiger partial charge < -0.3 is 4.57 Å². The van der Waals surface area contributed by atoms with Gasteiger partial charge in [-0.05, 0) is 57.2 Å². The van der Waals surface area contributed by atoms with Crippen LogP contribution in [0.15, 0.2) is 96.7 Å². The summed E-state index contributed by atoms with van der Waals surface area (Å²) in [5, 5.41) is 1.38. The lowest BCUT2D eigenvalue weighted by molar-refractivity contribution is 0.690. The van der Waals surface area contributed by atoms with E-state index < -0.39 is 0 Å². The summed E-state index contributed by atoms with van der Waals surface area (Å²) in [6, 6.07) is 2.34. The van der Waals surface area contributed by atoms with Crippen molar-refractivity contribution in [1.29, 1.82) is 0 Å². The SMILES string of the molecule is C=C/C=C(\C=C/C)Cn1c(C)cc(C(C)C)c1SC/C=C(\C)CC=C.C=CC(=C)C. The van der Waals surface area contributed by atoms with Crippen LogP contribution in [-0.2, 0) is 6.54 Å². The lowest BCUT2D eigenvalue weighted by Gasteiger charge is -2.14. The highest BCUT2D eigenvalue weighted by Crippen LogP contribution is 2.33. The molecule has 1 nitrogen and oxygen atoms in total. The van der Waals surface area contributed by atoms with E-state index in [0.29, 0.717) is 5.92 Å². The van der Waals surface area contributed by atoms with Crippen molar-refractivity contribution in [3.8, 4) is 0 Å². The Morgan fingerprint density at radius 1 is 1.20 bits per heavy atom. The van der Waals surface area contributed by atoms with Gasteiger partial charge >= 0.3 is 0 Å². The van der Waals surface area contributed by atoms with Crippen molar-refractivity contribution >= 4 is 11.8 Å². The van der Waals surface area contributed by atoms with Gasteiger partial charge in [-0.2, -0.15) is 0 Å². The number of aryl methyl sites for hydroxylation is 1. The average Bonchev–Trinajstić information content (AvgIpc) is 2.99. The first kappa shape index (κ1) is 27.8. The van der Waals surface area contributed by atoms with Crippen molar-refractivity contribution < 1.29 is 0 Å². The molecule has 0 amide bonds. The number of aromatic nitrogens is 1. The molecular weight excluding hydrogens is 382 g/mol. The van der Waals surface area contributed by atoms with Crippen LogP contribution < -0.4 is 0 Å². The van der Waals surface area contributed by atoms with E-state index in [4.69, 9.17) is 0 Å². The highest BCUT2D eigenvalue weighted by Gasteiger charge is 2.16. The normalized spacial score (nSPS) is 12.0. The molecule has 1 aromatic heterocycles. The number of allylic oxidation sites excluding steroid dienone is 9. The molecule has 0 aliphatic heterocycles. The predicted molar refractivity (Wildman–Crippen MR) is 141 cm³/mol. The smallest absolute Gasteiger partial charge is 0.0791 e. The number of hydrogen-bond donors (Lipinski definition) is 0. The summed E-state index contributed by atoms with van der Waals surface area (Å²) in [6.45, 7) is 28.5. The fourth-order valence-corrected chi connectivity index (χ4v) is 4.09. The Hall–Kier alpha value is -2.19. The van der Waals surface area contributed by atoms with Crippen LogP contribution in [0.3, 0.4) is 0 Å². The summed E-state index contributed by atoms with van der Waals surface area (Å²) in [4.78, 5) is 0. The predicted octanol–water partition coefficient (Wildman–Crippen LogP) is 8.97. The number of nitrogens with zero attached hydrogens (tertiary/aromatic N) is 1. The van der Waals surface area contributed by atoms with Gasteiger partial charge in [-0.25, -0.2) is 0 Å². The monoisotopic (exact) mass is 423 g/mol. The van der Waals surface area contributed by atoms with Gasteiger partial charge in [0.1, 0.15) is 0 Å². The van der Waals surface area contributed by atoms with Gasteiger partial charge in [0.05, 0.1) is 5.03 Å². The molecule has 30 heavy (non-hydrogen) atoms. The van der Waals surface area contributed by atoms with E-state index in [2.05, 4.69) is 95.9 Å². The molecule has 1 aromatic rings. The number of rotatable bonds is 11. The molecule has 164 valence electrons. The van der Waals surface area contributed by atoms with Crippen LogP contribution in [0.2, 0.25) is 0 Å². The summed E-state index contributed by atoms with van der Waals surface area (Å²) in [6.07, 6.45) is 15.2. The molecule has 0 aliphatic carbocycles. The second kappa shape index (κ2) is 15.6. The second-order valence-corrected chi connectivity index (χ2v) is 8.68. The van der Waals surface area contributed by atoms with Crippen LogP contribution in [-0.4, -0.2) is 10.3 Å². The molecule has 0 bridgehead atoms. The summed E-state index contributed by atoms with van der Waals surface area (Å²) >= 11 is 1.93. The minimum absolute atomic E-state index is 0.522. The first-order valence-corrected chi connectivity index (χ1v) is 11.5. The zero-order valence-corrected chi connectivity index (χ0v) is 20.8. The van der Waals surface area contributed by atoms with Crippen LogP contribution in [0, 0.1) is 6.92 Å². The molecule has 0 aliphatic rings. The van der Waals surface area contributed by atoms with Gasteiger partial charge in [-0.3, -0.25) is 0 Å². The zero-order chi connectivity index (χ0) is 23.1. The van der Waals surface area contributed by atoms with E-state index >= 15 is 0 Å². The summed E-state index contributed by atoms with van der Waals surface area (Å²) < 4.78 is 2.44. The van der Waals surface area contributed by atoms with Crippen LogP contribution in [0.5, 0.6) is 0 Å². The number of hydrogen-bond acceptors (Lipinski definition) is 1. The van der Waals surface area contributed by atoms with E-state index in [0.717, 1.165) is 24.3 Å². The lowest BCUT2D eigenvalue weighted by atomic mass is 10.1. The Balaban J connectivity index is 0.00000150. The Morgan fingerprint density at radius 2 is 1.83 bits per heavy atom. The molecule has 1 rings (SSSR count). The van der Waals surface area contributed by atoms with E-state index in [1.807, 2.05) is 30.8 Å². The molecule has 0 saturated heterocycles. The van der Waals surface area contributed by atoms with Crippen molar-refractivity contribution in [1.82, 2.24) is 4.57 Å². The molecule has 1 heterocycles. The molecule has 0 spiro atoms. The third kappa shape index (κ3) is 10.5. The summed E-state index contributed by atoms with van der Waals surface area (Å²) in [5.41, 5.74) is 6.43. The summed E-state index contributed by atoms with van der Waals surface area (Å²) in [7, 11) is 0. The van der Waals surface area contributed by atoms with Crippen molar-refractivity contribution in [3.63, 3.8) is 0 Å². The topological polar surface area (TPSA) is 4.93 Å². The van der Waals surface area contributed by atoms with E-state index in [-0.39, 0.29) is 0 Å². The third-order valence-electron chi connectivity index (χ3n) is 4.42. The first-order valence-electron chi connectivity index (χ1n) is 10.5.